The second-order valence-electron chi connectivity index (χ2n) is 6.37. The van der Waals surface area contributed by atoms with Crippen LogP contribution >= 0.6 is 15.9 Å². The van der Waals surface area contributed by atoms with Crippen LogP contribution < -0.4 is 4.74 Å². The lowest BCUT2D eigenvalue weighted by Crippen LogP contribution is -2.44. The van der Waals surface area contributed by atoms with Crippen LogP contribution in [0.25, 0.3) is 10.8 Å². The van der Waals surface area contributed by atoms with E-state index < -0.39 is 6.10 Å². The van der Waals surface area contributed by atoms with Gasteiger partial charge in [0, 0.05) is 13.1 Å². The van der Waals surface area contributed by atoms with Crippen LogP contribution in [-0.2, 0) is 4.79 Å². The summed E-state index contributed by atoms with van der Waals surface area (Å²) in [6.07, 6.45) is 1.69. The number of amides is 1. The number of benzene rings is 2. The Bertz CT molecular complexity index is 708. The summed E-state index contributed by atoms with van der Waals surface area (Å²) in [7, 11) is 0. The molecule has 1 unspecified atom stereocenters. The Hall–Kier alpha value is -1.55. The fraction of sp³-hybridized carbons (Fsp3) is 0.421. The molecule has 23 heavy (non-hydrogen) atoms. The van der Waals surface area contributed by atoms with Crippen molar-refractivity contribution in [3.8, 4) is 5.75 Å². The number of hydrogen-bond acceptors (Lipinski definition) is 2. The minimum Gasteiger partial charge on any atom is -0.480 e. The topological polar surface area (TPSA) is 29.5 Å². The molecular formula is C19H22BrNO2. The van der Waals surface area contributed by atoms with Gasteiger partial charge in [-0.2, -0.15) is 0 Å². The molecule has 0 saturated carbocycles. The monoisotopic (exact) mass is 375 g/mol. The highest BCUT2D eigenvalue weighted by Gasteiger charge is 2.26. The van der Waals surface area contributed by atoms with Crippen LogP contribution in [0.3, 0.4) is 0 Å². The standard InChI is InChI=1S/C19H22BrNO2/c1-13-9-11-21(12-10-13)19(22)14(2)23-17-8-7-15-5-3-4-6-16(15)18(17)20/h3-8,13-14H,9-12H2,1-2H3. The van der Waals surface area contributed by atoms with E-state index >= 15 is 0 Å². The minimum absolute atomic E-state index is 0.0805. The second-order valence-corrected chi connectivity index (χ2v) is 7.16. The number of piperidine rings is 1. The summed E-state index contributed by atoms with van der Waals surface area (Å²) in [4.78, 5) is 14.5. The molecule has 1 fully saturated rings. The van der Waals surface area contributed by atoms with Gasteiger partial charge in [-0.1, -0.05) is 37.3 Å². The molecule has 2 aromatic rings. The van der Waals surface area contributed by atoms with Crippen molar-refractivity contribution in [1.29, 1.82) is 0 Å². The van der Waals surface area contributed by atoms with Gasteiger partial charge in [0.25, 0.3) is 5.91 Å². The summed E-state index contributed by atoms with van der Waals surface area (Å²) in [5, 5.41) is 2.24. The average Bonchev–Trinajstić information content (AvgIpc) is 2.57. The Balaban J connectivity index is 1.73. The number of nitrogens with zero attached hydrogens (tertiary/aromatic N) is 1. The largest absolute Gasteiger partial charge is 0.480 e. The molecule has 0 aromatic heterocycles. The van der Waals surface area contributed by atoms with Gasteiger partial charge < -0.3 is 9.64 Å². The molecule has 2 aromatic carbocycles. The first-order chi connectivity index (χ1) is 11.1. The van der Waals surface area contributed by atoms with Gasteiger partial charge in [0.2, 0.25) is 0 Å². The van der Waals surface area contributed by atoms with Crippen molar-refractivity contribution in [2.24, 2.45) is 5.92 Å². The highest BCUT2D eigenvalue weighted by atomic mass is 79.9. The first-order valence-electron chi connectivity index (χ1n) is 8.19. The lowest BCUT2D eigenvalue weighted by Gasteiger charge is -2.32. The molecular weight excluding hydrogens is 354 g/mol. The Morgan fingerprint density at radius 2 is 1.91 bits per heavy atom. The Kier molecular flexibility index (Phi) is 4.90. The number of rotatable bonds is 3. The van der Waals surface area contributed by atoms with E-state index in [1.807, 2.05) is 42.2 Å². The number of carbonyl (C=O) groups excluding carboxylic acids is 1. The van der Waals surface area contributed by atoms with E-state index in [-0.39, 0.29) is 5.91 Å². The SMILES string of the molecule is CC1CCN(C(=O)C(C)Oc2ccc3ccccc3c2Br)CC1. The third kappa shape index (κ3) is 3.52. The van der Waals surface area contributed by atoms with Crippen molar-refractivity contribution in [1.82, 2.24) is 4.90 Å². The predicted molar refractivity (Wildman–Crippen MR) is 96.7 cm³/mol. The molecule has 0 bridgehead atoms. The van der Waals surface area contributed by atoms with E-state index in [1.54, 1.807) is 0 Å². The zero-order chi connectivity index (χ0) is 16.4. The quantitative estimate of drug-likeness (QED) is 0.782. The molecule has 0 aliphatic carbocycles. The van der Waals surface area contributed by atoms with Gasteiger partial charge in [-0.05, 0) is 58.5 Å². The summed E-state index contributed by atoms with van der Waals surface area (Å²) >= 11 is 3.61. The summed E-state index contributed by atoms with van der Waals surface area (Å²) in [6, 6.07) is 12.1. The van der Waals surface area contributed by atoms with Crippen LogP contribution in [-0.4, -0.2) is 30.0 Å². The number of halogens is 1. The van der Waals surface area contributed by atoms with E-state index in [1.165, 1.54) is 0 Å². The molecule has 0 spiro atoms. The highest BCUT2D eigenvalue weighted by Crippen LogP contribution is 2.33. The molecule has 3 nitrogen and oxygen atoms in total. The molecule has 0 radical (unpaired) electrons. The lowest BCUT2D eigenvalue weighted by molar-refractivity contribution is -0.139. The third-order valence-electron chi connectivity index (χ3n) is 4.57. The maximum Gasteiger partial charge on any atom is 0.263 e. The predicted octanol–water partition coefficient (Wildman–Crippen LogP) is 4.63. The van der Waals surface area contributed by atoms with Crippen LogP contribution in [0.5, 0.6) is 5.75 Å². The van der Waals surface area contributed by atoms with E-state index in [9.17, 15) is 4.79 Å². The molecule has 1 amide bonds. The van der Waals surface area contributed by atoms with E-state index in [4.69, 9.17) is 4.74 Å². The Morgan fingerprint density at radius 1 is 1.22 bits per heavy atom. The number of likely N-dealkylation sites (tertiary alicyclic amines) is 1. The van der Waals surface area contributed by atoms with Crippen LogP contribution in [0.1, 0.15) is 26.7 Å². The fourth-order valence-electron chi connectivity index (χ4n) is 3.03. The summed E-state index contributed by atoms with van der Waals surface area (Å²) < 4.78 is 6.86. The van der Waals surface area contributed by atoms with Crippen molar-refractivity contribution < 1.29 is 9.53 Å². The summed E-state index contributed by atoms with van der Waals surface area (Å²) in [5.74, 6) is 1.51. The van der Waals surface area contributed by atoms with Gasteiger partial charge in [-0.3, -0.25) is 4.79 Å². The summed E-state index contributed by atoms with van der Waals surface area (Å²) in [6.45, 7) is 5.76. The maximum atomic E-state index is 12.6. The molecule has 1 heterocycles. The molecule has 1 saturated heterocycles. The van der Waals surface area contributed by atoms with E-state index in [2.05, 4.69) is 28.9 Å². The summed E-state index contributed by atoms with van der Waals surface area (Å²) in [5.41, 5.74) is 0. The zero-order valence-corrected chi connectivity index (χ0v) is 15.2. The second kappa shape index (κ2) is 6.91. The van der Waals surface area contributed by atoms with E-state index in [0.717, 1.165) is 46.9 Å². The van der Waals surface area contributed by atoms with Gasteiger partial charge >= 0.3 is 0 Å². The molecule has 0 N–H and O–H groups in total. The van der Waals surface area contributed by atoms with Gasteiger partial charge in [0.1, 0.15) is 5.75 Å². The Labute approximate surface area is 145 Å². The number of ether oxygens (including phenoxy) is 1. The van der Waals surface area contributed by atoms with Gasteiger partial charge in [-0.15, -0.1) is 0 Å². The van der Waals surface area contributed by atoms with E-state index in [0.29, 0.717) is 5.92 Å². The van der Waals surface area contributed by atoms with Gasteiger partial charge in [-0.25, -0.2) is 0 Å². The van der Waals surface area contributed by atoms with Crippen LogP contribution in [0, 0.1) is 5.92 Å². The normalized spacial score (nSPS) is 17.3. The van der Waals surface area contributed by atoms with Crippen LogP contribution in [0.4, 0.5) is 0 Å². The van der Waals surface area contributed by atoms with Gasteiger partial charge in [0.15, 0.2) is 6.10 Å². The van der Waals surface area contributed by atoms with Crippen LogP contribution in [0.2, 0.25) is 0 Å². The van der Waals surface area contributed by atoms with Gasteiger partial charge in [0.05, 0.1) is 4.47 Å². The zero-order valence-electron chi connectivity index (χ0n) is 13.6. The lowest BCUT2D eigenvalue weighted by atomic mass is 9.99. The number of hydrogen-bond donors (Lipinski definition) is 0. The third-order valence-corrected chi connectivity index (χ3v) is 5.39. The first-order valence-corrected chi connectivity index (χ1v) is 8.98. The van der Waals surface area contributed by atoms with Crippen molar-refractivity contribution in [3.05, 3.63) is 40.9 Å². The molecule has 1 aliphatic heterocycles. The minimum atomic E-state index is -0.471. The Morgan fingerprint density at radius 3 is 2.65 bits per heavy atom. The molecule has 3 rings (SSSR count). The first kappa shape index (κ1) is 16.3. The fourth-order valence-corrected chi connectivity index (χ4v) is 3.62. The van der Waals surface area contributed by atoms with Crippen molar-refractivity contribution in [3.63, 3.8) is 0 Å². The van der Waals surface area contributed by atoms with Crippen LogP contribution in [0.15, 0.2) is 40.9 Å². The molecule has 1 aliphatic rings. The molecule has 1 atom stereocenters. The molecule has 122 valence electrons. The maximum absolute atomic E-state index is 12.6. The van der Waals surface area contributed by atoms with Crippen molar-refractivity contribution >= 4 is 32.6 Å². The number of carbonyl (C=O) groups is 1. The van der Waals surface area contributed by atoms with Crippen molar-refractivity contribution in [2.45, 2.75) is 32.8 Å². The smallest absolute Gasteiger partial charge is 0.263 e. The van der Waals surface area contributed by atoms with Crippen molar-refractivity contribution in [2.75, 3.05) is 13.1 Å². The average molecular weight is 376 g/mol. The molecule has 4 heteroatoms. The number of fused-ring (bicyclic) bond motifs is 1. The highest BCUT2D eigenvalue weighted by molar-refractivity contribution is 9.10.